The number of hydrogen-bond acceptors (Lipinski definition) is 6. The number of nitrogens with zero attached hydrogens (tertiary/aromatic N) is 3. The second-order valence-electron chi connectivity index (χ2n) is 6.20. The Hall–Kier alpha value is -4.05. The van der Waals surface area contributed by atoms with Crippen molar-refractivity contribution in [2.75, 3.05) is 12.5 Å². The average Bonchev–Trinajstić information content (AvgIpc) is 3.10. The van der Waals surface area contributed by atoms with Crippen molar-refractivity contribution >= 4 is 28.6 Å². The molecule has 0 unspecified atom stereocenters. The van der Waals surface area contributed by atoms with Gasteiger partial charge in [0.1, 0.15) is 11.8 Å². The summed E-state index contributed by atoms with van der Waals surface area (Å²) in [7, 11) is 1.58. The van der Waals surface area contributed by atoms with Crippen LogP contribution < -0.4 is 26.4 Å². The minimum Gasteiger partial charge on any atom is -0.495 e. The molecule has 7 heteroatoms. The van der Waals surface area contributed by atoms with E-state index in [0.29, 0.717) is 38.8 Å². The van der Waals surface area contributed by atoms with Gasteiger partial charge in [-0.1, -0.05) is 24.3 Å². The Balaban J connectivity index is 1.87. The second kappa shape index (κ2) is 6.93. The van der Waals surface area contributed by atoms with E-state index in [1.165, 1.54) is 4.40 Å². The fraction of sp³-hybridized carbons (Fsp3) is 0.0952. The van der Waals surface area contributed by atoms with Crippen LogP contribution in [0.3, 0.4) is 0 Å². The van der Waals surface area contributed by atoms with E-state index >= 15 is 0 Å². The highest BCUT2D eigenvalue weighted by molar-refractivity contribution is 5.82. The Morgan fingerprint density at radius 1 is 1.18 bits per heavy atom. The molecule has 0 bridgehead atoms. The zero-order chi connectivity index (χ0) is 19.7. The van der Waals surface area contributed by atoms with Crippen LogP contribution in [-0.2, 0) is 0 Å². The smallest absolute Gasteiger partial charge is 0.265 e. The Morgan fingerprint density at radius 2 is 1.93 bits per heavy atom. The first-order valence-corrected chi connectivity index (χ1v) is 8.64. The highest BCUT2D eigenvalue weighted by atomic mass is 16.5. The largest absolute Gasteiger partial charge is 0.495 e. The third-order valence-corrected chi connectivity index (χ3v) is 4.64. The van der Waals surface area contributed by atoms with Crippen LogP contribution in [0.1, 0.15) is 11.1 Å². The maximum Gasteiger partial charge on any atom is 0.265 e. The Kier molecular flexibility index (Phi) is 4.30. The van der Waals surface area contributed by atoms with Crippen molar-refractivity contribution in [3.8, 4) is 11.8 Å². The molecule has 0 spiro atoms. The Bertz CT molecular complexity index is 1350. The Labute approximate surface area is 160 Å². The van der Waals surface area contributed by atoms with Crippen molar-refractivity contribution in [1.82, 2.24) is 14.8 Å². The number of hydrogen-bond donors (Lipinski definition) is 2. The van der Waals surface area contributed by atoms with Crippen molar-refractivity contribution < 1.29 is 4.74 Å². The summed E-state index contributed by atoms with van der Waals surface area (Å²) >= 11 is 0. The first-order valence-electron chi connectivity index (χ1n) is 8.64. The van der Waals surface area contributed by atoms with Crippen molar-refractivity contribution in [3.05, 3.63) is 75.2 Å². The van der Waals surface area contributed by atoms with Gasteiger partial charge in [-0.2, -0.15) is 5.26 Å². The van der Waals surface area contributed by atoms with Crippen LogP contribution in [0.25, 0.3) is 22.9 Å². The molecular weight excluding hydrogens is 354 g/mol. The quantitative estimate of drug-likeness (QED) is 0.534. The van der Waals surface area contributed by atoms with Gasteiger partial charge in [0.15, 0.2) is 5.65 Å². The number of anilines is 1. The molecule has 4 aromatic rings. The van der Waals surface area contributed by atoms with E-state index in [-0.39, 0.29) is 5.56 Å². The summed E-state index contributed by atoms with van der Waals surface area (Å²) in [5.41, 5.74) is 9.09. The van der Waals surface area contributed by atoms with Gasteiger partial charge < -0.3 is 10.2 Å². The molecular formula is C21H17N5O2. The van der Waals surface area contributed by atoms with E-state index in [1.54, 1.807) is 20.2 Å². The summed E-state index contributed by atoms with van der Waals surface area (Å²) in [6, 6.07) is 16.9. The molecule has 0 saturated carbocycles. The lowest BCUT2D eigenvalue weighted by Gasteiger charge is -2.10. The van der Waals surface area contributed by atoms with Gasteiger partial charge in [0.2, 0.25) is 0 Å². The van der Waals surface area contributed by atoms with Gasteiger partial charge in [0.05, 0.1) is 34.6 Å². The number of nitrogens with one attached hydrogen (secondary N) is 2. The third kappa shape index (κ3) is 2.68. The maximum absolute atomic E-state index is 13.1. The van der Waals surface area contributed by atoms with E-state index in [1.807, 2.05) is 48.5 Å². The predicted octanol–water partition coefficient (Wildman–Crippen LogP) is 2.11. The molecule has 0 aliphatic rings. The summed E-state index contributed by atoms with van der Waals surface area (Å²) in [5.74, 6) is 0.663. The number of imidazole rings is 1. The van der Waals surface area contributed by atoms with Crippen molar-refractivity contribution in [3.63, 3.8) is 0 Å². The molecule has 0 fully saturated rings. The lowest BCUT2D eigenvalue weighted by atomic mass is 10.1. The van der Waals surface area contributed by atoms with Gasteiger partial charge in [-0.15, -0.1) is 0 Å². The van der Waals surface area contributed by atoms with E-state index in [9.17, 15) is 10.1 Å². The molecule has 138 valence electrons. The monoisotopic (exact) mass is 371 g/mol. The summed E-state index contributed by atoms with van der Waals surface area (Å²) in [6.07, 6.45) is 1.55. The summed E-state index contributed by atoms with van der Waals surface area (Å²) in [4.78, 5) is 17.6. The summed E-state index contributed by atoms with van der Waals surface area (Å²) in [6.45, 7) is 1.75. The number of pyridine rings is 1. The van der Waals surface area contributed by atoms with Crippen molar-refractivity contribution in [2.45, 2.75) is 6.92 Å². The number of nitriles is 1. The number of fused-ring (bicyclic) bond motifs is 3. The van der Waals surface area contributed by atoms with Crippen LogP contribution in [0, 0.1) is 18.3 Å². The summed E-state index contributed by atoms with van der Waals surface area (Å²) in [5, 5.41) is 10.0. The molecule has 2 heterocycles. The second-order valence-corrected chi connectivity index (χ2v) is 6.20. The lowest BCUT2D eigenvalue weighted by Crippen LogP contribution is -2.36. The first-order chi connectivity index (χ1) is 13.7. The highest BCUT2D eigenvalue weighted by Crippen LogP contribution is 2.22. The minimum absolute atomic E-state index is 0.241. The Morgan fingerprint density at radius 3 is 2.71 bits per heavy atom. The lowest BCUT2D eigenvalue weighted by molar-refractivity contribution is 0.416. The first kappa shape index (κ1) is 17.4. The minimum atomic E-state index is -0.241. The molecule has 7 nitrogen and oxygen atoms in total. The molecule has 0 aliphatic heterocycles. The topological polar surface area (TPSA) is 91.4 Å². The molecule has 0 amide bonds. The van der Waals surface area contributed by atoms with Crippen LogP contribution in [0.5, 0.6) is 5.75 Å². The standard InChI is InChI=1S/C21H17N5O2/c1-13-14(11-22)20-24-16-7-3-5-9-18(16)26(20)21(27)15(13)12-23-25-17-8-4-6-10-19(17)28-2/h3-10,12,23,25H,1-2H3. The van der Waals surface area contributed by atoms with E-state index < -0.39 is 0 Å². The van der Waals surface area contributed by atoms with Gasteiger partial charge in [0.25, 0.3) is 5.56 Å². The zero-order valence-corrected chi connectivity index (χ0v) is 15.4. The number of rotatable bonds is 4. The van der Waals surface area contributed by atoms with Crippen LogP contribution in [-0.4, -0.2) is 16.5 Å². The van der Waals surface area contributed by atoms with Gasteiger partial charge in [0, 0.05) is 6.20 Å². The van der Waals surface area contributed by atoms with Gasteiger partial charge in [-0.3, -0.25) is 14.6 Å². The molecule has 0 atom stereocenters. The molecule has 2 aromatic carbocycles. The van der Waals surface area contributed by atoms with E-state index in [4.69, 9.17) is 4.74 Å². The van der Waals surface area contributed by atoms with Crippen LogP contribution in [0.15, 0.2) is 53.3 Å². The van der Waals surface area contributed by atoms with Gasteiger partial charge >= 0.3 is 0 Å². The predicted molar refractivity (Wildman–Crippen MR) is 108 cm³/mol. The number of hydrazine groups is 1. The molecule has 0 radical (unpaired) electrons. The number of para-hydroxylation sites is 4. The van der Waals surface area contributed by atoms with Gasteiger partial charge in [-0.25, -0.2) is 4.98 Å². The van der Waals surface area contributed by atoms with E-state index in [2.05, 4.69) is 21.9 Å². The highest BCUT2D eigenvalue weighted by Gasteiger charge is 2.15. The zero-order valence-electron chi connectivity index (χ0n) is 15.4. The SMILES string of the molecule is COc1ccccc1NNC=c1c(C)c(C#N)c2nc3ccccc3n2c1=O. The maximum atomic E-state index is 13.1. The number of methoxy groups -OCH3 is 1. The molecule has 4 rings (SSSR count). The molecule has 28 heavy (non-hydrogen) atoms. The molecule has 0 aliphatic carbocycles. The van der Waals surface area contributed by atoms with Gasteiger partial charge in [-0.05, 0) is 36.8 Å². The third-order valence-electron chi connectivity index (χ3n) is 4.64. The normalized spacial score (nSPS) is 11.5. The number of ether oxygens (including phenoxy) is 1. The van der Waals surface area contributed by atoms with Crippen LogP contribution in [0.2, 0.25) is 0 Å². The molecule has 0 saturated heterocycles. The summed E-state index contributed by atoms with van der Waals surface area (Å²) < 4.78 is 6.78. The van der Waals surface area contributed by atoms with Crippen LogP contribution >= 0.6 is 0 Å². The average molecular weight is 371 g/mol. The molecule has 2 aromatic heterocycles. The number of aromatic nitrogens is 2. The molecule has 2 N–H and O–H groups in total. The van der Waals surface area contributed by atoms with Crippen LogP contribution in [0.4, 0.5) is 5.69 Å². The number of benzene rings is 2. The fourth-order valence-electron chi connectivity index (χ4n) is 3.22. The fourth-order valence-corrected chi connectivity index (χ4v) is 3.22. The van der Waals surface area contributed by atoms with Crippen molar-refractivity contribution in [2.24, 2.45) is 0 Å². The van der Waals surface area contributed by atoms with E-state index in [0.717, 1.165) is 5.69 Å². The van der Waals surface area contributed by atoms with Crippen molar-refractivity contribution in [1.29, 1.82) is 5.26 Å².